The summed E-state index contributed by atoms with van der Waals surface area (Å²) in [7, 11) is 0. The number of hydrogen-bond acceptors (Lipinski definition) is 3. The van der Waals surface area contributed by atoms with Crippen LogP contribution in [0, 0.1) is 0 Å². The van der Waals surface area contributed by atoms with Crippen molar-refractivity contribution in [3.8, 4) is 0 Å². The second-order valence-corrected chi connectivity index (χ2v) is 5.95. The molecule has 1 atom stereocenters. The molecule has 1 saturated carbocycles. The summed E-state index contributed by atoms with van der Waals surface area (Å²) in [5.74, 6) is -1.85. The third-order valence-corrected chi connectivity index (χ3v) is 4.40. The van der Waals surface area contributed by atoms with Crippen LogP contribution in [-0.2, 0) is 11.3 Å². The number of Topliss-reactive ketones (excluding diaryl/α,β-unsaturated/α-hetero) is 1. The molecule has 1 aliphatic heterocycles. The summed E-state index contributed by atoms with van der Waals surface area (Å²) in [6.07, 6.45) is 3.63. The summed E-state index contributed by atoms with van der Waals surface area (Å²) in [6.45, 7) is 0.396. The van der Waals surface area contributed by atoms with Gasteiger partial charge in [0.25, 0.3) is 5.78 Å². The van der Waals surface area contributed by atoms with Crippen molar-refractivity contribution in [3.63, 3.8) is 0 Å². The quantitative estimate of drug-likeness (QED) is 0.806. The average molecular weight is 302 g/mol. The van der Waals surface area contributed by atoms with Crippen molar-refractivity contribution in [1.82, 2.24) is 9.78 Å². The number of ketones is 1. The zero-order chi connectivity index (χ0) is 15.1. The van der Waals surface area contributed by atoms with Gasteiger partial charge in [-0.1, -0.05) is 12.8 Å². The molecule has 1 aromatic rings. The molecule has 2 aliphatic rings. The van der Waals surface area contributed by atoms with E-state index in [0.717, 1.165) is 38.1 Å². The standard InChI is InChI=1S/C14H17F3N2O2/c15-14(16,17)12(20)10-7-18-19(8-10)9-11-3-6-13(21-11)4-1-2-5-13/h7-8,11H,1-6,9H2. The maximum Gasteiger partial charge on any atom is 0.454 e. The second kappa shape index (κ2) is 5.12. The molecule has 0 N–H and O–H groups in total. The first kappa shape index (κ1) is 14.6. The summed E-state index contributed by atoms with van der Waals surface area (Å²) < 4.78 is 44.5. The van der Waals surface area contributed by atoms with Gasteiger partial charge in [-0.2, -0.15) is 18.3 Å². The summed E-state index contributed by atoms with van der Waals surface area (Å²) in [6, 6.07) is 0. The van der Waals surface area contributed by atoms with Gasteiger partial charge in [-0.15, -0.1) is 0 Å². The van der Waals surface area contributed by atoms with Gasteiger partial charge >= 0.3 is 6.18 Å². The zero-order valence-electron chi connectivity index (χ0n) is 11.5. The summed E-state index contributed by atoms with van der Waals surface area (Å²) in [5, 5.41) is 3.85. The highest BCUT2D eigenvalue weighted by atomic mass is 19.4. The monoisotopic (exact) mass is 302 g/mol. The number of aromatic nitrogens is 2. The molecule has 3 rings (SSSR count). The van der Waals surface area contributed by atoms with Crippen LogP contribution in [0.1, 0.15) is 48.9 Å². The van der Waals surface area contributed by atoms with Crippen LogP contribution in [0.5, 0.6) is 0 Å². The molecule has 1 spiro atoms. The molecule has 7 heteroatoms. The smallest absolute Gasteiger partial charge is 0.370 e. The molecule has 2 heterocycles. The number of nitrogens with zero attached hydrogens (tertiary/aromatic N) is 2. The van der Waals surface area contributed by atoms with Gasteiger partial charge in [0.2, 0.25) is 0 Å². The predicted molar refractivity (Wildman–Crippen MR) is 67.9 cm³/mol. The second-order valence-electron chi connectivity index (χ2n) is 5.95. The zero-order valence-corrected chi connectivity index (χ0v) is 11.5. The number of alkyl halides is 3. The van der Waals surface area contributed by atoms with Gasteiger partial charge in [0.05, 0.1) is 30.0 Å². The lowest BCUT2D eigenvalue weighted by molar-refractivity contribution is -0.0885. The molecule has 116 valence electrons. The summed E-state index contributed by atoms with van der Waals surface area (Å²) in [4.78, 5) is 11.1. The van der Waals surface area contributed by atoms with E-state index in [1.165, 1.54) is 17.5 Å². The van der Waals surface area contributed by atoms with Crippen LogP contribution in [0.15, 0.2) is 12.4 Å². The molecule has 2 fully saturated rings. The number of carbonyl (C=O) groups is 1. The van der Waals surface area contributed by atoms with Crippen LogP contribution in [0.25, 0.3) is 0 Å². The first-order valence-corrected chi connectivity index (χ1v) is 7.20. The highest BCUT2D eigenvalue weighted by Crippen LogP contribution is 2.43. The van der Waals surface area contributed by atoms with E-state index in [2.05, 4.69) is 5.10 Å². The fourth-order valence-corrected chi connectivity index (χ4v) is 3.36. The van der Waals surface area contributed by atoms with Crippen molar-refractivity contribution in [1.29, 1.82) is 0 Å². The van der Waals surface area contributed by atoms with Crippen LogP contribution >= 0.6 is 0 Å². The van der Waals surface area contributed by atoms with Gasteiger partial charge in [0.15, 0.2) is 0 Å². The molecule has 1 saturated heterocycles. The van der Waals surface area contributed by atoms with E-state index in [4.69, 9.17) is 4.74 Å². The predicted octanol–water partition coefficient (Wildman–Crippen LogP) is 3.12. The van der Waals surface area contributed by atoms with Crippen molar-refractivity contribution >= 4 is 5.78 Å². The lowest BCUT2D eigenvalue weighted by atomic mass is 9.98. The Kier molecular flexibility index (Phi) is 3.55. The van der Waals surface area contributed by atoms with Gasteiger partial charge in [-0.25, -0.2) is 0 Å². The van der Waals surface area contributed by atoms with E-state index in [-0.39, 0.29) is 11.7 Å². The minimum Gasteiger partial charge on any atom is -0.370 e. The fraction of sp³-hybridized carbons (Fsp3) is 0.714. The van der Waals surface area contributed by atoms with Crippen LogP contribution in [0.2, 0.25) is 0 Å². The largest absolute Gasteiger partial charge is 0.454 e. The Labute approximate surface area is 120 Å². The van der Waals surface area contributed by atoms with E-state index >= 15 is 0 Å². The number of hydrogen-bond donors (Lipinski definition) is 0. The normalized spacial score (nSPS) is 24.8. The minimum atomic E-state index is -4.86. The topological polar surface area (TPSA) is 44.1 Å². The minimum absolute atomic E-state index is 0.0115. The van der Waals surface area contributed by atoms with Gasteiger partial charge < -0.3 is 4.74 Å². The third-order valence-electron chi connectivity index (χ3n) is 4.40. The Balaban J connectivity index is 1.62. The molecule has 21 heavy (non-hydrogen) atoms. The van der Waals surface area contributed by atoms with Gasteiger partial charge in [0.1, 0.15) is 0 Å². The summed E-state index contributed by atoms with van der Waals surface area (Å²) in [5.41, 5.74) is -0.432. The van der Waals surface area contributed by atoms with E-state index in [1.807, 2.05) is 0 Å². The number of ether oxygens (including phenoxy) is 1. The van der Waals surface area contributed by atoms with E-state index in [9.17, 15) is 18.0 Å². The molecular formula is C14H17F3N2O2. The average Bonchev–Trinajstić information content (AvgIpc) is 3.12. The van der Waals surface area contributed by atoms with Crippen LogP contribution in [0.4, 0.5) is 13.2 Å². The van der Waals surface area contributed by atoms with Crippen molar-refractivity contribution in [2.24, 2.45) is 0 Å². The van der Waals surface area contributed by atoms with Crippen molar-refractivity contribution in [2.45, 2.75) is 63.0 Å². The Hall–Kier alpha value is -1.37. The Morgan fingerprint density at radius 2 is 2.10 bits per heavy atom. The fourth-order valence-electron chi connectivity index (χ4n) is 3.36. The van der Waals surface area contributed by atoms with Gasteiger partial charge in [-0.05, 0) is 25.7 Å². The molecular weight excluding hydrogens is 285 g/mol. The molecule has 0 amide bonds. The van der Waals surface area contributed by atoms with E-state index in [1.54, 1.807) is 0 Å². The van der Waals surface area contributed by atoms with Crippen molar-refractivity contribution in [3.05, 3.63) is 18.0 Å². The molecule has 1 unspecified atom stereocenters. The maximum absolute atomic E-state index is 12.3. The first-order chi connectivity index (χ1) is 9.88. The maximum atomic E-state index is 12.3. The van der Waals surface area contributed by atoms with Gasteiger partial charge in [0, 0.05) is 6.20 Å². The molecule has 1 aliphatic carbocycles. The SMILES string of the molecule is O=C(c1cnn(CC2CCC3(CCCC3)O2)c1)C(F)(F)F. The number of carbonyl (C=O) groups excluding carboxylic acids is 1. The Morgan fingerprint density at radius 1 is 1.38 bits per heavy atom. The molecule has 1 aromatic heterocycles. The van der Waals surface area contributed by atoms with Gasteiger partial charge in [-0.3, -0.25) is 9.48 Å². The first-order valence-electron chi connectivity index (χ1n) is 7.20. The highest BCUT2D eigenvalue weighted by molar-refractivity contribution is 5.99. The third kappa shape index (κ3) is 2.97. The van der Waals surface area contributed by atoms with E-state index < -0.39 is 17.5 Å². The molecule has 0 radical (unpaired) electrons. The van der Waals surface area contributed by atoms with Crippen molar-refractivity contribution < 1.29 is 22.7 Å². The Morgan fingerprint density at radius 3 is 2.76 bits per heavy atom. The lowest BCUT2D eigenvalue weighted by Crippen LogP contribution is -2.26. The number of rotatable bonds is 3. The number of halogens is 3. The lowest BCUT2D eigenvalue weighted by Gasteiger charge is -2.23. The molecule has 0 bridgehead atoms. The molecule has 0 aromatic carbocycles. The van der Waals surface area contributed by atoms with Crippen LogP contribution in [-0.4, -0.2) is 33.4 Å². The molecule has 4 nitrogen and oxygen atoms in total. The summed E-state index contributed by atoms with van der Waals surface area (Å²) >= 11 is 0. The highest BCUT2D eigenvalue weighted by Gasteiger charge is 2.43. The van der Waals surface area contributed by atoms with Crippen LogP contribution < -0.4 is 0 Å². The van der Waals surface area contributed by atoms with Crippen molar-refractivity contribution in [2.75, 3.05) is 0 Å². The van der Waals surface area contributed by atoms with E-state index in [0.29, 0.717) is 6.54 Å². The Bertz CT molecular complexity index is 533. The van der Waals surface area contributed by atoms with Crippen LogP contribution in [0.3, 0.4) is 0 Å².